The zero-order valence-corrected chi connectivity index (χ0v) is 11.1. The monoisotopic (exact) mass is 279 g/mol. The quantitative estimate of drug-likeness (QED) is 0.817. The largest absolute Gasteiger partial charge is 0.384 e. The van der Waals surface area contributed by atoms with Gasteiger partial charge in [0.1, 0.15) is 16.5 Å². The van der Waals surface area contributed by atoms with E-state index in [1.165, 1.54) is 22.7 Å². The van der Waals surface area contributed by atoms with Crippen LogP contribution in [0.15, 0.2) is 11.4 Å². The maximum absolute atomic E-state index is 12.0. The van der Waals surface area contributed by atoms with Gasteiger partial charge in [0.15, 0.2) is 0 Å². The third-order valence-electron chi connectivity index (χ3n) is 1.92. The molecule has 2 aromatic rings. The summed E-state index contributed by atoms with van der Waals surface area (Å²) in [6.07, 6.45) is 0. The Hall–Kier alpha value is -1.75. The summed E-state index contributed by atoms with van der Waals surface area (Å²) in [5, 5.41) is 22.0. The first-order valence-electron chi connectivity index (χ1n) is 4.99. The normalized spacial score (nSPS) is 9.67. The van der Waals surface area contributed by atoms with Crippen LogP contribution in [0.1, 0.15) is 20.2 Å². The van der Waals surface area contributed by atoms with Crippen molar-refractivity contribution in [2.75, 3.05) is 11.9 Å². The average molecular weight is 279 g/mol. The number of nitrogens with one attached hydrogen (secondary N) is 1. The first-order valence-corrected chi connectivity index (χ1v) is 6.69. The van der Waals surface area contributed by atoms with Crippen LogP contribution in [0.4, 0.5) is 5.13 Å². The van der Waals surface area contributed by atoms with E-state index in [2.05, 4.69) is 27.4 Å². The summed E-state index contributed by atoms with van der Waals surface area (Å²) in [6.45, 7) is 1.59. The van der Waals surface area contributed by atoms with Crippen LogP contribution in [0.2, 0.25) is 0 Å². The molecule has 0 spiro atoms. The molecule has 5 nitrogen and oxygen atoms in total. The molecule has 0 aliphatic heterocycles. The minimum Gasteiger partial charge on any atom is -0.384 e. The van der Waals surface area contributed by atoms with E-state index in [1.54, 1.807) is 11.4 Å². The highest BCUT2D eigenvalue weighted by Crippen LogP contribution is 2.19. The molecule has 2 heterocycles. The van der Waals surface area contributed by atoms with Gasteiger partial charge in [-0.3, -0.25) is 10.1 Å². The number of aryl methyl sites for hydroxylation is 1. The number of carbonyl (C=O) groups is 1. The summed E-state index contributed by atoms with van der Waals surface area (Å²) in [7, 11) is 0. The van der Waals surface area contributed by atoms with E-state index in [0.717, 1.165) is 5.01 Å². The number of hydrogen-bond donors (Lipinski definition) is 2. The second-order valence-corrected chi connectivity index (χ2v) is 5.30. The molecule has 1 amide bonds. The number of anilines is 1. The molecule has 7 heteroatoms. The molecule has 0 saturated heterocycles. The molecule has 0 aliphatic carbocycles. The molecule has 0 aliphatic rings. The van der Waals surface area contributed by atoms with E-state index in [1.807, 2.05) is 6.92 Å². The smallest absolute Gasteiger partial charge is 0.268 e. The van der Waals surface area contributed by atoms with E-state index >= 15 is 0 Å². The maximum atomic E-state index is 12.0. The van der Waals surface area contributed by atoms with Crippen LogP contribution in [0.25, 0.3) is 0 Å². The minimum absolute atomic E-state index is 0.230. The zero-order valence-electron chi connectivity index (χ0n) is 9.43. The SMILES string of the molecule is Cc1nnc(NC(=O)c2sccc2C#CCO)s1. The van der Waals surface area contributed by atoms with Gasteiger partial charge in [0, 0.05) is 5.56 Å². The number of aliphatic hydroxyl groups excluding tert-OH is 1. The van der Waals surface area contributed by atoms with Crippen molar-refractivity contribution in [1.29, 1.82) is 0 Å². The molecule has 92 valence electrons. The highest BCUT2D eigenvalue weighted by Gasteiger charge is 2.13. The van der Waals surface area contributed by atoms with Gasteiger partial charge in [-0.05, 0) is 18.4 Å². The number of amides is 1. The zero-order chi connectivity index (χ0) is 13.0. The first-order chi connectivity index (χ1) is 8.70. The molecule has 0 bridgehead atoms. The molecule has 0 fully saturated rings. The van der Waals surface area contributed by atoms with Gasteiger partial charge in [-0.2, -0.15) is 0 Å². The molecule has 0 radical (unpaired) electrons. The standard InChI is InChI=1S/C11H9N3O2S2/c1-7-13-14-11(18-7)12-10(16)9-8(3-2-5-15)4-6-17-9/h4,6,15H,5H2,1H3,(H,12,14,16). The lowest BCUT2D eigenvalue weighted by atomic mass is 10.2. The molecule has 0 atom stereocenters. The van der Waals surface area contributed by atoms with E-state index in [-0.39, 0.29) is 12.5 Å². The number of thiophene rings is 1. The van der Waals surface area contributed by atoms with Gasteiger partial charge in [0.2, 0.25) is 5.13 Å². The lowest BCUT2D eigenvalue weighted by molar-refractivity contribution is 0.103. The van der Waals surface area contributed by atoms with Crippen LogP contribution >= 0.6 is 22.7 Å². The number of carbonyl (C=O) groups excluding carboxylic acids is 1. The highest BCUT2D eigenvalue weighted by atomic mass is 32.1. The van der Waals surface area contributed by atoms with Gasteiger partial charge in [-0.25, -0.2) is 0 Å². The number of nitrogens with zero attached hydrogens (tertiary/aromatic N) is 2. The van der Waals surface area contributed by atoms with Gasteiger partial charge in [0.05, 0.1) is 0 Å². The molecular weight excluding hydrogens is 270 g/mol. The van der Waals surface area contributed by atoms with Crippen LogP contribution in [0.5, 0.6) is 0 Å². The molecule has 2 rings (SSSR count). The van der Waals surface area contributed by atoms with E-state index in [0.29, 0.717) is 15.6 Å². The fraction of sp³-hybridized carbons (Fsp3) is 0.182. The molecule has 18 heavy (non-hydrogen) atoms. The second kappa shape index (κ2) is 5.73. The lowest BCUT2D eigenvalue weighted by Gasteiger charge is -1.98. The Labute approximate surface area is 112 Å². The predicted molar refractivity (Wildman–Crippen MR) is 70.9 cm³/mol. The predicted octanol–water partition coefficient (Wildman–Crippen LogP) is 1.50. The van der Waals surface area contributed by atoms with Gasteiger partial charge in [0.25, 0.3) is 5.91 Å². The minimum atomic E-state index is -0.261. The van der Waals surface area contributed by atoms with Gasteiger partial charge in [-0.15, -0.1) is 21.5 Å². The van der Waals surface area contributed by atoms with Gasteiger partial charge in [-0.1, -0.05) is 23.2 Å². The average Bonchev–Trinajstić information content (AvgIpc) is 2.95. The maximum Gasteiger partial charge on any atom is 0.268 e. The van der Waals surface area contributed by atoms with Crippen molar-refractivity contribution in [2.24, 2.45) is 0 Å². The number of hydrogen-bond acceptors (Lipinski definition) is 6. The Kier molecular flexibility index (Phi) is 4.04. The Morgan fingerprint density at radius 2 is 2.39 bits per heavy atom. The summed E-state index contributed by atoms with van der Waals surface area (Å²) in [6, 6.07) is 1.74. The van der Waals surface area contributed by atoms with E-state index in [4.69, 9.17) is 5.11 Å². The van der Waals surface area contributed by atoms with Gasteiger partial charge >= 0.3 is 0 Å². The Morgan fingerprint density at radius 1 is 1.56 bits per heavy atom. The second-order valence-electron chi connectivity index (χ2n) is 3.20. The van der Waals surface area contributed by atoms with Crippen LogP contribution in [0.3, 0.4) is 0 Å². The summed E-state index contributed by atoms with van der Waals surface area (Å²) < 4.78 is 0. The van der Waals surface area contributed by atoms with Crippen molar-refractivity contribution in [2.45, 2.75) is 6.92 Å². The number of aromatic nitrogens is 2. The molecule has 0 unspecified atom stereocenters. The van der Waals surface area contributed by atoms with Gasteiger partial charge < -0.3 is 5.11 Å². The number of rotatable bonds is 2. The number of aliphatic hydroxyl groups is 1. The van der Waals surface area contributed by atoms with Crippen LogP contribution in [-0.2, 0) is 0 Å². The van der Waals surface area contributed by atoms with Crippen molar-refractivity contribution in [1.82, 2.24) is 10.2 Å². The summed E-state index contributed by atoms with van der Waals surface area (Å²) in [5.41, 5.74) is 0.604. The summed E-state index contributed by atoms with van der Waals surface area (Å²) in [4.78, 5) is 12.5. The first kappa shape index (κ1) is 12.7. The van der Waals surface area contributed by atoms with Crippen LogP contribution in [0, 0.1) is 18.8 Å². The van der Waals surface area contributed by atoms with Crippen molar-refractivity contribution < 1.29 is 9.90 Å². The molecular formula is C11H9N3O2S2. The van der Waals surface area contributed by atoms with E-state index in [9.17, 15) is 4.79 Å². The third-order valence-corrected chi connectivity index (χ3v) is 3.59. The molecule has 0 aromatic carbocycles. The Balaban J connectivity index is 2.16. The summed E-state index contributed by atoms with van der Waals surface area (Å²) in [5.74, 6) is 4.99. The fourth-order valence-electron chi connectivity index (χ4n) is 1.22. The topological polar surface area (TPSA) is 75.1 Å². The van der Waals surface area contributed by atoms with Crippen LogP contribution < -0.4 is 5.32 Å². The van der Waals surface area contributed by atoms with E-state index < -0.39 is 0 Å². The molecule has 2 aromatic heterocycles. The fourth-order valence-corrected chi connectivity index (χ4v) is 2.55. The Bertz CT molecular complexity index is 622. The Morgan fingerprint density at radius 3 is 3.06 bits per heavy atom. The van der Waals surface area contributed by atoms with Crippen molar-refractivity contribution >= 4 is 33.7 Å². The highest BCUT2D eigenvalue weighted by molar-refractivity contribution is 7.15. The molecule has 2 N–H and O–H groups in total. The third kappa shape index (κ3) is 2.92. The van der Waals surface area contributed by atoms with Crippen molar-refractivity contribution in [3.8, 4) is 11.8 Å². The van der Waals surface area contributed by atoms with Crippen molar-refractivity contribution in [3.63, 3.8) is 0 Å². The van der Waals surface area contributed by atoms with Crippen molar-refractivity contribution in [3.05, 3.63) is 26.9 Å². The molecule has 0 saturated carbocycles. The lowest BCUT2D eigenvalue weighted by Crippen LogP contribution is -2.11. The van der Waals surface area contributed by atoms with Crippen LogP contribution in [-0.4, -0.2) is 27.8 Å². The summed E-state index contributed by atoms with van der Waals surface area (Å²) >= 11 is 2.61.